The molecule has 2 atom stereocenters. The third kappa shape index (κ3) is 4.79. The molecule has 0 heterocycles. The van der Waals surface area contributed by atoms with E-state index in [1.54, 1.807) is 6.08 Å². The van der Waals surface area contributed by atoms with Gasteiger partial charge >= 0.3 is 0 Å². The van der Waals surface area contributed by atoms with E-state index in [-0.39, 0.29) is 6.04 Å². The van der Waals surface area contributed by atoms with Gasteiger partial charge in [0.05, 0.1) is 10.9 Å². The van der Waals surface area contributed by atoms with Crippen molar-refractivity contribution in [3.8, 4) is 22.3 Å². The molecule has 0 fully saturated rings. The predicted octanol–water partition coefficient (Wildman–Crippen LogP) is 7.59. The molecule has 4 aromatic rings. The van der Waals surface area contributed by atoms with Crippen molar-refractivity contribution >= 4 is 22.5 Å². The van der Waals surface area contributed by atoms with Crippen molar-refractivity contribution < 1.29 is 8.76 Å². The first-order chi connectivity index (χ1) is 16.7. The first-order valence-electron chi connectivity index (χ1n) is 11.3. The molecule has 2 unspecified atom stereocenters. The van der Waals surface area contributed by atoms with Gasteiger partial charge in [0, 0.05) is 11.4 Å². The third-order valence-corrected chi connectivity index (χ3v) is 6.73. The molecule has 3 nitrogen and oxygen atoms in total. The molecule has 0 saturated carbocycles. The van der Waals surface area contributed by atoms with Gasteiger partial charge in [0.1, 0.15) is 0 Å². The van der Waals surface area contributed by atoms with E-state index in [2.05, 4.69) is 77.7 Å². The van der Waals surface area contributed by atoms with Crippen LogP contribution >= 0.6 is 0 Å². The van der Waals surface area contributed by atoms with Crippen LogP contribution in [0.5, 0.6) is 0 Å². The summed E-state index contributed by atoms with van der Waals surface area (Å²) in [5, 5.41) is 0. The fourth-order valence-corrected chi connectivity index (χ4v) is 4.84. The van der Waals surface area contributed by atoms with Crippen LogP contribution in [0.3, 0.4) is 0 Å². The zero-order chi connectivity index (χ0) is 23.3. The van der Waals surface area contributed by atoms with Crippen LogP contribution in [0, 0.1) is 0 Å². The van der Waals surface area contributed by atoms with Gasteiger partial charge in [-0.2, -0.15) is 0 Å². The first-order valence-corrected chi connectivity index (χ1v) is 12.4. The van der Waals surface area contributed by atoms with E-state index < -0.39 is 11.1 Å². The smallest absolute Gasteiger partial charge is 0.186 e. The molecule has 1 aliphatic rings. The van der Waals surface area contributed by atoms with Crippen LogP contribution < -0.4 is 4.90 Å². The molecule has 0 spiro atoms. The van der Waals surface area contributed by atoms with Crippen LogP contribution in [-0.2, 0) is 11.1 Å². The quantitative estimate of drug-likeness (QED) is 0.299. The van der Waals surface area contributed by atoms with Crippen molar-refractivity contribution in [1.29, 1.82) is 0 Å². The van der Waals surface area contributed by atoms with E-state index in [0.717, 1.165) is 28.9 Å². The minimum absolute atomic E-state index is 0.0683. The molecule has 0 amide bonds. The van der Waals surface area contributed by atoms with Gasteiger partial charge in [-0.3, -0.25) is 0 Å². The Hall–Kier alpha value is -3.73. The summed E-state index contributed by atoms with van der Waals surface area (Å²) in [6, 6.07) is 37.5. The Morgan fingerprint density at radius 2 is 1.09 bits per heavy atom. The molecule has 34 heavy (non-hydrogen) atoms. The van der Waals surface area contributed by atoms with Crippen molar-refractivity contribution in [3.05, 3.63) is 132 Å². The molecule has 0 aliphatic heterocycles. The van der Waals surface area contributed by atoms with Crippen LogP contribution in [-0.4, -0.2) is 14.8 Å². The second-order valence-corrected chi connectivity index (χ2v) is 9.19. The van der Waals surface area contributed by atoms with E-state index in [4.69, 9.17) is 0 Å². The molecule has 0 saturated heterocycles. The van der Waals surface area contributed by atoms with Gasteiger partial charge in [-0.05, 0) is 65.1 Å². The van der Waals surface area contributed by atoms with Crippen LogP contribution in [0.1, 0.15) is 6.42 Å². The zero-order valence-electron chi connectivity index (χ0n) is 18.6. The normalized spacial score (nSPS) is 16.0. The zero-order valence-corrected chi connectivity index (χ0v) is 19.4. The maximum Gasteiger partial charge on any atom is 0.186 e. The molecular formula is C30H25NO2S. The van der Waals surface area contributed by atoms with Crippen molar-refractivity contribution in [3.63, 3.8) is 0 Å². The largest absolute Gasteiger partial charge is 0.334 e. The Morgan fingerprint density at radius 1 is 0.647 bits per heavy atom. The minimum Gasteiger partial charge on any atom is -0.334 e. The van der Waals surface area contributed by atoms with Crippen LogP contribution in [0.25, 0.3) is 22.3 Å². The summed E-state index contributed by atoms with van der Waals surface area (Å²) in [5.41, 5.74) is 6.72. The number of hydrogen-bond donors (Lipinski definition) is 1. The molecular weight excluding hydrogens is 438 g/mol. The van der Waals surface area contributed by atoms with Crippen molar-refractivity contribution in [2.75, 3.05) is 4.90 Å². The van der Waals surface area contributed by atoms with E-state index in [1.165, 1.54) is 11.1 Å². The van der Waals surface area contributed by atoms with Gasteiger partial charge < -0.3 is 9.45 Å². The molecule has 4 aromatic carbocycles. The standard InChI is InChI=1S/C30H25NO2S/c32-34(33)30-13-7-12-29(22-30)31(27-18-14-25(15-19-27)23-8-3-1-4-9-23)28-20-16-26(17-21-28)24-10-5-2-6-11-24/h1-11,13-22,29H,12H2,(H,32,33). The number of nitrogens with zero attached hydrogens (tertiary/aromatic N) is 1. The molecule has 0 aromatic heterocycles. The summed E-state index contributed by atoms with van der Waals surface area (Å²) in [6.07, 6.45) is 6.35. The van der Waals surface area contributed by atoms with Crippen molar-refractivity contribution in [2.24, 2.45) is 0 Å². The highest BCUT2D eigenvalue weighted by molar-refractivity contribution is 7.83. The minimum atomic E-state index is -2.01. The highest BCUT2D eigenvalue weighted by Gasteiger charge is 2.22. The van der Waals surface area contributed by atoms with Crippen LogP contribution in [0.2, 0.25) is 0 Å². The van der Waals surface area contributed by atoms with E-state index in [1.807, 2.05) is 48.6 Å². The molecule has 1 aliphatic carbocycles. The summed E-state index contributed by atoms with van der Waals surface area (Å²) in [4.78, 5) is 2.67. The number of anilines is 2. The number of rotatable bonds is 6. The third-order valence-electron chi connectivity index (χ3n) is 6.05. The fraction of sp³-hybridized carbons (Fsp3) is 0.0667. The van der Waals surface area contributed by atoms with Crippen molar-refractivity contribution in [2.45, 2.75) is 12.5 Å². The second kappa shape index (κ2) is 10.0. The lowest BCUT2D eigenvalue weighted by Crippen LogP contribution is -2.30. The van der Waals surface area contributed by atoms with Gasteiger partial charge in [0.15, 0.2) is 11.1 Å². The molecule has 0 bridgehead atoms. The highest BCUT2D eigenvalue weighted by atomic mass is 32.2. The average Bonchev–Trinajstić information content (AvgIpc) is 2.91. The Kier molecular flexibility index (Phi) is 6.52. The van der Waals surface area contributed by atoms with Gasteiger partial charge in [-0.25, -0.2) is 4.21 Å². The summed E-state index contributed by atoms with van der Waals surface area (Å²) in [5.74, 6) is 0. The van der Waals surface area contributed by atoms with Crippen molar-refractivity contribution in [1.82, 2.24) is 0 Å². The average molecular weight is 464 g/mol. The van der Waals surface area contributed by atoms with E-state index >= 15 is 0 Å². The number of allylic oxidation sites excluding steroid dienone is 1. The maximum atomic E-state index is 11.8. The topological polar surface area (TPSA) is 40.5 Å². The molecule has 0 radical (unpaired) electrons. The second-order valence-electron chi connectivity index (χ2n) is 8.22. The maximum absolute atomic E-state index is 11.8. The Bertz CT molecular complexity index is 1250. The summed E-state index contributed by atoms with van der Waals surface area (Å²) >= 11 is -2.01. The molecule has 1 N–H and O–H groups in total. The SMILES string of the molecule is O=S(O)C1=CC(N(c2ccc(-c3ccccc3)cc2)c2ccc(-c3ccccc3)cc2)CC=C1. The molecule has 168 valence electrons. The lowest BCUT2D eigenvalue weighted by atomic mass is 10.0. The highest BCUT2D eigenvalue weighted by Crippen LogP contribution is 2.34. The summed E-state index contributed by atoms with van der Waals surface area (Å²) < 4.78 is 21.4. The fourth-order valence-electron chi connectivity index (χ4n) is 4.36. The Labute approximate surface area is 203 Å². The van der Waals surface area contributed by atoms with E-state index in [9.17, 15) is 8.76 Å². The van der Waals surface area contributed by atoms with Gasteiger partial charge in [0.25, 0.3) is 0 Å². The predicted molar refractivity (Wildman–Crippen MR) is 142 cm³/mol. The summed E-state index contributed by atoms with van der Waals surface area (Å²) in [6.45, 7) is 0. The molecule has 4 heteroatoms. The Morgan fingerprint density at radius 3 is 1.53 bits per heavy atom. The van der Waals surface area contributed by atoms with Gasteiger partial charge in [-0.15, -0.1) is 0 Å². The monoisotopic (exact) mass is 463 g/mol. The van der Waals surface area contributed by atoms with E-state index in [0.29, 0.717) is 4.91 Å². The lowest BCUT2D eigenvalue weighted by molar-refractivity contribution is 0.571. The number of hydrogen-bond acceptors (Lipinski definition) is 2. The number of benzene rings is 4. The van der Waals surface area contributed by atoms with Crippen LogP contribution in [0.4, 0.5) is 11.4 Å². The Balaban J connectivity index is 1.53. The summed E-state index contributed by atoms with van der Waals surface area (Å²) in [7, 11) is 0. The van der Waals surface area contributed by atoms with Crippen LogP contribution in [0.15, 0.2) is 132 Å². The van der Waals surface area contributed by atoms with Gasteiger partial charge in [-0.1, -0.05) is 91.0 Å². The first kappa shape index (κ1) is 22.1. The lowest BCUT2D eigenvalue weighted by Gasteiger charge is -2.33. The molecule has 5 rings (SSSR count). The van der Waals surface area contributed by atoms with Gasteiger partial charge in [0.2, 0.25) is 0 Å².